The Kier molecular flexibility index (Phi) is 7.48. The summed E-state index contributed by atoms with van der Waals surface area (Å²) >= 11 is 0. The molecule has 6 nitrogen and oxygen atoms in total. The van der Waals surface area contributed by atoms with E-state index < -0.39 is 17.7 Å². The van der Waals surface area contributed by atoms with Crippen molar-refractivity contribution in [2.45, 2.75) is 0 Å². The fourth-order valence-corrected chi connectivity index (χ4v) is 1.99. The zero-order valence-electron chi connectivity index (χ0n) is 14.3. The van der Waals surface area contributed by atoms with E-state index in [2.05, 4.69) is 10.6 Å². The third-order valence-electron chi connectivity index (χ3n) is 3.25. The molecule has 2 aromatic rings. The van der Waals surface area contributed by atoms with Crippen LogP contribution in [-0.2, 0) is 0 Å². The maximum Gasteiger partial charge on any atom is 0.315 e. The van der Waals surface area contributed by atoms with Gasteiger partial charge in [0.2, 0.25) is 0 Å². The van der Waals surface area contributed by atoms with E-state index in [1.54, 1.807) is 31.4 Å². The maximum atomic E-state index is 13.3. The van der Waals surface area contributed by atoms with Crippen LogP contribution >= 0.6 is 0 Å². The number of carbonyl (C=O) groups is 1. The Labute approximate surface area is 150 Å². The number of benzene rings is 2. The first-order valence-corrected chi connectivity index (χ1v) is 7.95. The van der Waals surface area contributed by atoms with Crippen LogP contribution < -0.4 is 24.8 Å². The molecule has 0 bridgehead atoms. The number of rotatable bonds is 9. The molecule has 0 aromatic heterocycles. The van der Waals surface area contributed by atoms with E-state index in [1.807, 2.05) is 0 Å². The van der Waals surface area contributed by atoms with Crippen LogP contribution in [0.2, 0.25) is 0 Å². The number of halogens is 2. The summed E-state index contributed by atoms with van der Waals surface area (Å²) in [6, 6.07) is 9.72. The molecule has 0 unspecified atom stereocenters. The van der Waals surface area contributed by atoms with E-state index in [0.717, 1.165) is 17.9 Å². The fraction of sp³-hybridized carbons (Fsp3) is 0.278. The van der Waals surface area contributed by atoms with Crippen LogP contribution in [0.25, 0.3) is 0 Å². The summed E-state index contributed by atoms with van der Waals surface area (Å²) in [5.74, 6) is -0.129. The number of ether oxygens (including phenoxy) is 3. The maximum absolute atomic E-state index is 13.3. The molecule has 0 radical (unpaired) electrons. The first-order valence-electron chi connectivity index (χ1n) is 7.95. The van der Waals surface area contributed by atoms with Gasteiger partial charge in [0, 0.05) is 6.07 Å². The summed E-state index contributed by atoms with van der Waals surface area (Å²) < 4.78 is 41.7. The van der Waals surface area contributed by atoms with Crippen molar-refractivity contribution >= 4 is 6.03 Å². The molecule has 8 heteroatoms. The van der Waals surface area contributed by atoms with Crippen LogP contribution in [0, 0.1) is 11.6 Å². The number of hydrogen-bond acceptors (Lipinski definition) is 4. The van der Waals surface area contributed by atoms with E-state index >= 15 is 0 Å². The lowest BCUT2D eigenvalue weighted by Gasteiger charge is -2.10. The standard InChI is InChI=1S/C18H20F2N2O4/c1-24-14-3-5-15(6-4-14)25-10-8-21-18(23)22-9-11-26-17-7-2-13(19)12-16(17)20/h2-7,12H,8-11H2,1H3,(H2,21,22,23). The van der Waals surface area contributed by atoms with Crippen molar-refractivity contribution in [3.63, 3.8) is 0 Å². The van der Waals surface area contributed by atoms with Crippen molar-refractivity contribution in [3.05, 3.63) is 54.1 Å². The molecule has 0 saturated heterocycles. The van der Waals surface area contributed by atoms with Crippen LogP contribution in [0.5, 0.6) is 17.2 Å². The van der Waals surface area contributed by atoms with Gasteiger partial charge in [-0.1, -0.05) is 0 Å². The highest BCUT2D eigenvalue weighted by molar-refractivity contribution is 5.73. The Morgan fingerprint density at radius 2 is 1.54 bits per heavy atom. The minimum absolute atomic E-state index is 0.0539. The average Bonchev–Trinajstić information content (AvgIpc) is 2.64. The molecule has 26 heavy (non-hydrogen) atoms. The van der Waals surface area contributed by atoms with Crippen LogP contribution in [0.4, 0.5) is 13.6 Å². The Bertz CT molecular complexity index is 711. The number of amides is 2. The van der Waals surface area contributed by atoms with Gasteiger partial charge in [0.1, 0.15) is 30.5 Å². The summed E-state index contributed by atoms with van der Waals surface area (Å²) in [6.45, 7) is 0.836. The van der Waals surface area contributed by atoms with Crippen LogP contribution in [0.3, 0.4) is 0 Å². The second-order valence-corrected chi connectivity index (χ2v) is 5.13. The van der Waals surface area contributed by atoms with Gasteiger partial charge in [0.25, 0.3) is 0 Å². The highest BCUT2D eigenvalue weighted by atomic mass is 19.1. The second-order valence-electron chi connectivity index (χ2n) is 5.13. The Morgan fingerprint density at radius 3 is 2.15 bits per heavy atom. The molecule has 2 rings (SSSR count). The molecule has 0 aliphatic rings. The molecule has 0 saturated carbocycles. The Hall–Kier alpha value is -3.03. The van der Waals surface area contributed by atoms with Gasteiger partial charge in [-0.2, -0.15) is 0 Å². The molecule has 0 aliphatic carbocycles. The van der Waals surface area contributed by atoms with Crippen molar-refractivity contribution in [3.8, 4) is 17.2 Å². The minimum Gasteiger partial charge on any atom is -0.497 e. The molecular weight excluding hydrogens is 346 g/mol. The van der Waals surface area contributed by atoms with E-state index in [-0.39, 0.29) is 18.9 Å². The molecule has 0 atom stereocenters. The largest absolute Gasteiger partial charge is 0.497 e. The first-order chi connectivity index (χ1) is 12.6. The van der Waals surface area contributed by atoms with E-state index in [0.29, 0.717) is 18.9 Å². The Morgan fingerprint density at radius 1 is 0.923 bits per heavy atom. The van der Waals surface area contributed by atoms with Crippen molar-refractivity contribution < 1.29 is 27.8 Å². The van der Waals surface area contributed by atoms with Gasteiger partial charge in [-0.05, 0) is 36.4 Å². The molecule has 2 aromatic carbocycles. The predicted molar refractivity (Wildman–Crippen MR) is 91.7 cm³/mol. The number of methoxy groups -OCH3 is 1. The highest BCUT2D eigenvalue weighted by Crippen LogP contribution is 2.17. The van der Waals surface area contributed by atoms with E-state index in [9.17, 15) is 13.6 Å². The molecule has 2 N–H and O–H groups in total. The zero-order valence-corrected chi connectivity index (χ0v) is 14.3. The summed E-state index contributed by atoms with van der Waals surface area (Å²) in [5, 5.41) is 5.17. The van der Waals surface area contributed by atoms with Gasteiger partial charge < -0.3 is 24.8 Å². The SMILES string of the molecule is COc1ccc(OCCNC(=O)NCCOc2ccc(F)cc2F)cc1. The van der Waals surface area contributed by atoms with Gasteiger partial charge >= 0.3 is 6.03 Å². The smallest absolute Gasteiger partial charge is 0.315 e. The van der Waals surface area contributed by atoms with Gasteiger partial charge in [0.15, 0.2) is 11.6 Å². The Balaban J connectivity index is 1.55. The number of carbonyl (C=O) groups excluding carboxylic acids is 1. The molecule has 2 amide bonds. The lowest BCUT2D eigenvalue weighted by atomic mass is 10.3. The summed E-state index contributed by atoms with van der Waals surface area (Å²) in [7, 11) is 1.58. The highest BCUT2D eigenvalue weighted by Gasteiger charge is 2.05. The quantitative estimate of drug-likeness (QED) is 0.670. The lowest BCUT2D eigenvalue weighted by molar-refractivity contribution is 0.231. The molecule has 0 heterocycles. The molecule has 0 fully saturated rings. The zero-order chi connectivity index (χ0) is 18.8. The van der Waals surface area contributed by atoms with Crippen molar-refractivity contribution in [1.82, 2.24) is 10.6 Å². The monoisotopic (exact) mass is 366 g/mol. The summed E-state index contributed by atoms with van der Waals surface area (Å²) in [4.78, 5) is 11.6. The topological polar surface area (TPSA) is 68.8 Å². The lowest BCUT2D eigenvalue weighted by Crippen LogP contribution is -2.39. The number of urea groups is 1. The minimum atomic E-state index is -0.787. The van der Waals surface area contributed by atoms with Crippen LogP contribution in [-0.4, -0.2) is 39.4 Å². The molecular formula is C18H20F2N2O4. The summed E-state index contributed by atoms with van der Waals surface area (Å²) in [6.07, 6.45) is 0. The van der Waals surface area contributed by atoms with Crippen molar-refractivity contribution in [2.75, 3.05) is 33.4 Å². The van der Waals surface area contributed by atoms with Gasteiger partial charge in [0.05, 0.1) is 20.2 Å². The van der Waals surface area contributed by atoms with Crippen LogP contribution in [0.15, 0.2) is 42.5 Å². The third-order valence-corrected chi connectivity index (χ3v) is 3.25. The van der Waals surface area contributed by atoms with Gasteiger partial charge in [-0.15, -0.1) is 0 Å². The van der Waals surface area contributed by atoms with E-state index in [4.69, 9.17) is 14.2 Å². The normalized spacial score (nSPS) is 10.1. The van der Waals surface area contributed by atoms with Crippen molar-refractivity contribution in [1.29, 1.82) is 0 Å². The number of hydrogen-bond donors (Lipinski definition) is 2. The van der Waals surface area contributed by atoms with Gasteiger partial charge in [-0.3, -0.25) is 0 Å². The van der Waals surface area contributed by atoms with E-state index in [1.165, 1.54) is 6.07 Å². The molecule has 0 spiro atoms. The second kappa shape index (κ2) is 10.1. The van der Waals surface area contributed by atoms with Gasteiger partial charge in [-0.25, -0.2) is 13.6 Å². The summed E-state index contributed by atoms with van der Waals surface area (Å²) in [5.41, 5.74) is 0. The predicted octanol–water partition coefficient (Wildman–Crippen LogP) is 2.73. The fourth-order valence-electron chi connectivity index (χ4n) is 1.99. The van der Waals surface area contributed by atoms with Crippen LogP contribution in [0.1, 0.15) is 0 Å². The average molecular weight is 366 g/mol. The molecule has 0 aliphatic heterocycles. The molecule has 140 valence electrons. The van der Waals surface area contributed by atoms with Crippen molar-refractivity contribution in [2.24, 2.45) is 0 Å². The third kappa shape index (κ3) is 6.46. The first kappa shape index (κ1) is 19.3. The number of nitrogens with one attached hydrogen (secondary N) is 2.